The van der Waals surface area contributed by atoms with Gasteiger partial charge >= 0.3 is 0 Å². The minimum Gasteiger partial charge on any atom is -0.395 e. The van der Waals surface area contributed by atoms with Crippen LogP contribution >= 0.6 is 0 Å². The number of piperidine rings is 2. The quantitative estimate of drug-likeness (QED) is 0.402. The molecule has 1 aliphatic carbocycles. The molecule has 2 aromatic carbocycles. The van der Waals surface area contributed by atoms with Crippen LogP contribution in [0.15, 0.2) is 36.4 Å². The minimum absolute atomic E-state index is 0.115. The van der Waals surface area contributed by atoms with Gasteiger partial charge in [-0.1, -0.05) is 0 Å². The standard InChI is InChI=1S/C29H39F2N5O3S/c1-34(2)24-6-4-21(19-26(24)36-15-11-29(30,31)12-16-36)32-27(38)23-5-3-22(33-40(39)18-17-37)20-25(23)35-13-9-28(7-8-28)10-14-35/h3-6,19-20,33,37H,7-18H2,1-2H3,(H,32,38). The number of anilines is 5. The number of halogens is 2. The van der Waals surface area contributed by atoms with Gasteiger partial charge in [-0.3, -0.25) is 4.79 Å². The van der Waals surface area contributed by atoms with Gasteiger partial charge in [0, 0.05) is 64.5 Å². The lowest BCUT2D eigenvalue weighted by atomic mass is 9.93. The zero-order chi connectivity index (χ0) is 28.5. The number of alkyl halides is 2. The molecule has 2 heterocycles. The number of aliphatic hydroxyl groups is 1. The zero-order valence-electron chi connectivity index (χ0n) is 23.2. The summed E-state index contributed by atoms with van der Waals surface area (Å²) in [5, 5.41) is 12.2. The highest BCUT2D eigenvalue weighted by molar-refractivity contribution is 7.86. The Morgan fingerprint density at radius 2 is 1.52 bits per heavy atom. The number of hydrogen-bond acceptors (Lipinski definition) is 6. The van der Waals surface area contributed by atoms with E-state index in [1.54, 1.807) is 12.1 Å². The molecule has 2 aromatic rings. The fourth-order valence-corrected chi connectivity index (χ4v) is 6.38. The average molecular weight is 576 g/mol. The van der Waals surface area contributed by atoms with Crippen LogP contribution in [0.3, 0.4) is 0 Å². The topological polar surface area (TPSA) is 88.1 Å². The number of hydrogen-bond donors (Lipinski definition) is 3. The van der Waals surface area contributed by atoms with Crippen LogP contribution in [0.25, 0.3) is 0 Å². The Bertz CT molecular complexity index is 1250. The molecule has 1 unspecified atom stereocenters. The highest BCUT2D eigenvalue weighted by Crippen LogP contribution is 2.54. The van der Waals surface area contributed by atoms with Gasteiger partial charge in [-0.15, -0.1) is 0 Å². The highest BCUT2D eigenvalue weighted by atomic mass is 32.2. The molecule has 3 aliphatic rings. The summed E-state index contributed by atoms with van der Waals surface area (Å²) in [4.78, 5) is 19.8. The summed E-state index contributed by atoms with van der Waals surface area (Å²) < 4.78 is 42.8. The van der Waals surface area contributed by atoms with Crippen molar-refractivity contribution < 1.29 is 22.9 Å². The van der Waals surface area contributed by atoms with Crippen molar-refractivity contribution in [1.29, 1.82) is 0 Å². The van der Waals surface area contributed by atoms with E-state index in [-0.39, 0.29) is 44.2 Å². The zero-order valence-corrected chi connectivity index (χ0v) is 24.0. The highest BCUT2D eigenvalue weighted by Gasteiger charge is 2.44. The first-order valence-electron chi connectivity index (χ1n) is 14.0. The second-order valence-electron chi connectivity index (χ2n) is 11.5. The lowest BCUT2D eigenvalue weighted by Gasteiger charge is -2.36. The van der Waals surface area contributed by atoms with Gasteiger partial charge in [0.05, 0.1) is 35.0 Å². The molecule has 3 fully saturated rings. The molecule has 218 valence electrons. The SMILES string of the molecule is CN(C)c1ccc(NC(=O)c2ccc(NS(=O)CCO)cc2N2CCC3(CC2)CC3)cc1N1CCC(F)(F)CC1. The Kier molecular flexibility index (Phi) is 8.24. The lowest BCUT2D eigenvalue weighted by molar-refractivity contribution is -0.0220. The molecule has 8 nitrogen and oxygen atoms in total. The maximum atomic E-state index is 13.8. The molecule has 1 saturated carbocycles. The van der Waals surface area contributed by atoms with Crippen LogP contribution in [0.4, 0.5) is 37.2 Å². The number of carbonyl (C=O) groups excluding carboxylic acids is 1. The third kappa shape index (κ3) is 6.52. The monoisotopic (exact) mass is 575 g/mol. The fraction of sp³-hybridized carbons (Fsp3) is 0.552. The van der Waals surface area contributed by atoms with Crippen molar-refractivity contribution in [2.75, 3.05) is 77.4 Å². The van der Waals surface area contributed by atoms with E-state index in [1.807, 2.05) is 48.2 Å². The summed E-state index contributed by atoms with van der Waals surface area (Å²) in [5.74, 6) is -2.79. The lowest BCUT2D eigenvalue weighted by Crippen LogP contribution is -2.40. The summed E-state index contributed by atoms with van der Waals surface area (Å²) in [6.45, 7) is 2.01. The average Bonchev–Trinajstić information content (AvgIpc) is 3.67. The molecule has 1 amide bonds. The van der Waals surface area contributed by atoms with E-state index < -0.39 is 16.9 Å². The molecule has 2 saturated heterocycles. The Morgan fingerprint density at radius 3 is 2.15 bits per heavy atom. The van der Waals surface area contributed by atoms with Gasteiger partial charge in [0.1, 0.15) is 11.0 Å². The molecule has 2 aliphatic heterocycles. The summed E-state index contributed by atoms with van der Waals surface area (Å²) >= 11 is 0. The van der Waals surface area contributed by atoms with E-state index in [4.69, 9.17) is 5.11 Å². The number of nitrogens with one attached hydrogen (secondary N) is 2. The second kappa shape index (κ2) is 11.5. The van der Waals surface area contributed by atoms with E-state index in [0.717, 1.165) is 43.0 Å². The van der Waals surface area contributed by atoms with E-state index in [0.29, 0.717) is 22.4 Å². The Labute approximate surface area is 237 Å². The summed E-state index contributed by atoms with van der Waals surface area (Å²) in [7, 11) is 2.40. The molecule has 1 spiro atoms. The van der Waals surface area contributed by atoms with E-state index >= 15 is 0 Å². The Balaban J connectivity index is 1.39. The molecule has 0 radical (unpaired) electrons. The first kappa shape index (κ1) is 28.6. The number of amides is 1. The number of aliphatic hydroxyl groups excluding tert-OH is 1. The van der Waals surface area contributed by atoms with Crippen molar-refractivity contribution in [3.63, 3.8) is 0 Å². The summed E-state index contributed by atoms with van der Waals surface area (Å²) in [5.41, 5.74) is 4.71. The number of benzene rings is 2. The molecule has 0 aromatic heterocycles. The van der Waals surface area contributed by atoms with Crippen LogP contribution in [-0.2, 0) is 11.0 Å². The van der Waals surface area contributed by atoms with Crippen molar-refractivity contribution in [3.05, 3.63) is 42.0 Å². The van der Waals surface area contributed by atoms with Gasteiger partial charge < -0.3 is 29.8 Å². The molecule has 3 N–H and O–H groups in total. The van der Waals surface area contributed by atoms with Crippen LogP contribution in [0.1, 0.15) is 48.9 Å². The molecule has 40 heavy (non-hydrogen) atoms. The fourth-order valence-electron chi connectivity index (χ4n) is 5.72. The predicted octanol–water partition coefficient (Wildman–Crippen LogP) is 4.69. The number of carbonyl (C=O) groups is 1. The van der Waals surface area contributed by atoms with Crippen LogP contribution in [0, 0.1) is 5.41 Å². The van der Waals surface area contributed by atoms with Gasteiger partial charge in [-0.05, 0) is 67.5 Å². The third-order valence-electron chi connectivity index (χ3n) is 8.42. The van der Waals surface area contributed by atoms with Gasteiger partial charge in [0.15, 0.2) is 0 Å². The molecule has 11 heteroatoms. The van der Waals surface area contributed by atoms with Gasteiger partial charge in [-0.25, -0.2) is 13.0 Å². The maximum Gasteiger partial charge on any atom is 0.257 e. The largest absolute Gasteiger partial charge is 0.395 e. The Hall–Kier alpha value is -2.92. The van der Waals surface area contributed by atoms with E-state index in [2.05, 4.69) is 14.9 Å². The van der Waals surface area contributed by atoms with Crippen molar-refractivity contribution >= 4 is 45.3 Å². The van der Waals surface area contributed by atoms with Crippen LogP contribution in [-0.4, -0.2) is 73.8 Å². The smallest absolute Gasteiger partial charge is 0.257 e. The van der Waals surface area contributed by atoms with Crippen molar-refractivity contribution in [2.45, 2.75) is 44.4 Å². The third-order valence-corrected chi connectivity index (χ3v) is 9.44. The molecule has 5 rings (SSSR count). The first-order valence-corrected chi connectivity index (χ1v) is 15.3. The normalized spacial score (nSPS) is 20.2. The summed E-state index contributed by atoms with van der Waals surface area (Å²) in [6.07, 6.45) is 4.34. The molecular weight excluding hydrogens is 536 g/mol. The molecule has 1 atom stereocenters. The number of nitrogens with zero attached hydrogens (tertiary/aromatic N) is 3. The molecule has 0 bridgehead atoms. The van der Waals surface area contributed by atoms with Gasteiger partial charge in [-0.2, -0.15) is 0 Å². The van der Waals surface area contributed by atoms with E-state index in [1.165, 1.54) is 12.8 Å². The summed E-state index contributed by atoms with van der Waals surface area (Å²) in [6, 6.07) is 10.9. The first-order chi connectivity index (χ1) is 19.1. The minimum atomic E-state index is -2.64. The number of rotatable bonds is 9. The van der Waals surface area contributed by atoms with Crippen molar-refractivity contribution in [2.24, 2.45) is 5.41 Å². The van der Waals surface area contributed by atoms with Gasteiger partial charge in [0.2, 0.25) is 0 Å². The second-order valence-corrected chi connectivity index (χ2v) is 12.8. The van der Waals surface area contributed by atoms with Crippen molar-refractivity contribution in [1.82, 2.24) is 0 Å². The Morgan fingerprint density at radius 1 is 0.925 bits per heavy atom. The van der Waals surface area contributed by atoms with Crippen molar-refractivity contribution in [3.8, 4) is 0 Å². The predicted molar refractivity (Wildman–Crippen MR) is 158 cm³/mol. The molecular formula is C29H39F2N5O3S. The van der Waals surface area contributed by atoms with E-state index in [9.17, 15) is 17.8 Å². The van der Waals surface area contributed by atoms with Crippen LogP contribution in [0.2, 0.25) is 0 Å². The maximum absolute atomic E-state index is 13.8. The van der Waals surface area contributed by atoms with Crippen LogP contribution in [0.5, 0.6) is 0 Å². The van der Waals surface area contributed by atoms with Crippen LogP contribution < -0.4 is 24.7 Å². The van der Waals surface area contributed by atoms with Gasteiger partial charge in [0.25, 0.3) is 11.8 Å².